The van der Waals surface area contributed by atoms with Crippen molar-refractivity contribution in [3.8, 4) is 0 Å². The second-order valence-corrected chi connectivity index (χ2v) is 5.91. The summed E-state index contributed by atoms with van der Waals surface area (Å²) in [5.41, 5.74) is 0.785. The van der Waals surface area contributed by atoms with Gasteiger partial charge in [0.1, 0.15) is 5.71 Å². The van der Waals surface area contributed by atoms with Crippen molar-refractivity contribution in [2.45, 2.75) is 24.9 Å². The second-order valence-electron chi connectivity index (χ2n) is 5.91. The first-order valence-electron chi connectivity index (χ1n) is 7.65. The van der Waals surface area contributed by atoms with E-state index in [-0.39, 0.29) is 12.5 Å². The summed E-state index contributed by atoms with van der Waals surface area (Å²) < 4.78 is 0. The highest BCUT2D eigenvalue weighted by Gasteiger charge is 2.44. The third kappa shape index (κ3) is 3.28. The minimum Gasteiger partial charge on any atom is -0.395 e. The minimum absolute atomic E-state index is 0.137. The molecule has 1 amide bonds. The summed E-state index contributed by atoms with van der Waals surface area (Å²) in [7, 11) is 0. The number of carbonyl (C=O) groups excluding carboxylic acids is 1. The van der Waals surface area contributed by atoms with Crippen molar-refractivity contribution in [3.05, 3.63) is 30.3 Å². The maximum absolute atomic E-state index is 12.3. The highest BCUT2D eigenvalue weighted by molar-refractivity contribution is 6.43. The number of oxime groups is 1. The van der Waals surface area contributed by atoms with Crippen molar-refractivity contribution >= 4 is 17.3 Å². The van der Waals surface area contributed by atoms with Crippen molar-refractivity contribution in [2.75, 3.05) is 31.6 Å². The van der Waals surface area contributed by atoms with E-state index in [4.69, 9.17) is 9.94 Å². The van der Waals surface area contributed by atoms with Crippen molar-refractivity contribution in [1.82, 2.24) is 4.90 Å². The quantitative estimate of drug-likeness (QED) is 0.877. The van der Waals surface area contributed by atoms with Crippen LogP contribution in [0.5, 0.6) is 0 Å². The van der Waals surface area contributed by atoms with Crippen LogP contribution in [0.3, 0.4) is 0 Å². The number of piperidine rings is 1. The molecule has 0 aromatic heterocycles. The molecule has 0 bridgehead atoms. The average molecular weight is 303 g/mol. The van der Waals surface area contributed by atoms with E-state index in [9.17, 15) is 4.79 Å². The summed E-state index contributed by atoms with van der Waals surface area (Å²) in [6.45, 7) is 2.44. The first-order chi connectivity index (χ1) is 10.7. The van der Waals surface area contributed by atoms with Crippen LogP contribution in [0.15, 0.2) is 35.5 Å². The van der Waals surface area contributed by atoms with Gasteiger partial charge in [-0.05, 0) is 31.5 Å². The first-order valence-corrected chi connectivity index (χ1v) is 7.65. The summed E-state index contributed by atoms with van der Waals surface area (Å²) in [6, 6.07) is 9.33. The first kappa shape index (κ1) is 15.0. The molecular formula is C16H21N3O3. The molecule has 2 aliphatic rings. The minimum atomic E-state index is -0.406. The third-order valence-corrected chi connectivity index (χ3v) is 4.17. The highest BCUT2D eigenvalue weighted by Crippen LogP contribution is 2.33. The summed E-state index contributed by atoms with van der Waals surface area (Å²) in [5, 5.41) is 15.9. The van der Waals surface area contributed by atoms with E-state index in [1.54, 1.807) is 0 Å². The molecule has 2 N–H and O–H groups in total. The topological polar surface area (TPSA) is 74.2 Å². The predicted molar refractivity (Wildman–Crippen MR) is 83.7 cm³/mol. The molecule has 1 saturated heterocycles. The van der Waals surface area contributed by atoms with Crippen LogP contribution in [-0.2, 0) is 9.63 Å². The third-order valence-electron chi connectivity index (χ3n) is 4.17. The van der Waals surface area contributed by atoms with Crippen molar-refractivity contribution in [2.24, 2.45) is 5.16 Å². The SMILES string of the molecule is O=C(Nc1ccccc1)C1=NO[C@]2(CCCN(CCO)C2)C1. The Bertz CT molecular complexity index is 559. The number of aliphatic hydroxyl groups excluding tert-OH is 1. The number of anilines is 1. The molecular weight excluding hydrogens is 282 g/mol. The zero-order valence-electron chi connectivity index (χ0n) is 12.5. The van der Waals surface area contributed by atoms with Gasteiger partial charge in [-0.1, -0.05) is 23.4 Å². The largest absolute Gasteiger partial charge is 0.395 e. The molecule has 2 heterocycles. The zero-order valence-corrected chi connectivity index (χ0v) is 12.5. The summed E-state index contributed by atoms with van der Waals surface area (Å²) in [4.78, 5) is 20.1. The standard InChI is InChI=1S/C16H21N3O3/c20-10-9-19-8-4-7-16(12-19)11-14(18-22-16)15(21)17-13-5-2-1-3-6-13/h1-3,5-6,20H,4,7-12H2,(H,17,21)/t16-/m1/s1. The number of rotatable bonds is 4. The molecule has 6 nitrogen and oxygen atoms in total. The Morgan fingerprint density at radius 1 is 1.41 bits per heavy atom. The molecule has 1 aromatic carbocycles. The predicted octanol–water partition coefficient (Wildman–Crippen LogP) is 1.23. The number of carbonyl (C=O) groups is 1. The zero-order chi connectivity index (χ0) is 15.4. The lowest BCUT2D eigenvalue weighted by atomic mass is 9.88. The second kappa shape index (κ2) is 6.46. The van der Waals surface area contributed by atoms with Crippen LogP contribution < -0.4 is 5.32 Å². The summed E-state index contributed by atoms with van der Waals surface area (Å²) in [5.74, 6) is -0.206. The van der Waals surface area contributed by atoms with E-state index in [0.717, 1.165) is 25.1 Å². The molecule has 0 radical (unpaired) electrons. The summed E-state index contributed by atoms with van der Waals surface area (Å²) in [6.07, 6.45) is 2.40. The molecule has 1 spiro atoms. The molecule has 2 aliphatic heterocycles. The molecule has 6 heteroatoms. The van der Waals surface area contributed by atoms with E-state index in [2.05, 4.69) is 15.4 Å². The number of para-hydroxylation sites is 1. The Morgan fingerprint density at radius 3 is 3.00 bits per heavy atom. The molecule has 0 saturated carbocycles. The van der Waals surface area contributed by atoms with Gasteiger partial charge >= 0.3 is 0 Å². The molecule has 118 valence electrons. The lowest BCUT2D eigenvalue weighted by Gasteiger charge is -2.37. The molecule has 3 rings (SSSR count). The number of nitrogens with zero attached hydrogens (tertiary/aromatic N) is 2. The van der Waals surface area contributed by atoms with Gasteiger partial charge in [0.25, 0.3) is 5.91 Å². The number of aliphatic hydroxyl groups is 1. The van der Waals surface area contributed by atoms with Crippen LogP contribution in [0, 0.1) is 0 Å². The van der Waals surface area contributed by atoms with Gasteiger partial charge in [-0.2, -0.15) is 0 Å². The summed E-state index contributed by atoms with van der Waals surface area (Å²) >= 11 is 0. The number of likely N-dealkylation sites (tertiary alicyclic amines) is 1. The lowest BCUT2D eigenvalue weighted by Crippen LogP contribution is -2.49. The number of amides is 1. The Balaban J connectivity index is 1.60. The number of β-amino-alcohol motifs (C(OH)–C–C–N with tert-alkyl or cyclic N) is 1. The van der Waals surface area contributed by atoms with Crippen molar-refractivity contribution in [3.63, 3.8) is 0 Å². The van der Waals surface area contributed by atoms with Crippen LogP contribution in [0.1, 0.15) is 19.3 Å². The normalized spacial score (nSPS) is 24.9. The fourth-order valence-electron chi connectivity index (χ4n) is 3.11. The average Bonchev–Trinajstić information content (AvgIpc) is 2.92. The Hall–Kier alpha value is -1.92. The fraction of sp³-hybridized carbons (Fsp3) is 0.500. The van der Waals surface area contributed by atoms with Gasteiger partial charge in [-0.3, -0.25) is 9.69 Å². The van der Waals surface area contributed by atoms with Crippen molar-refractivity contribution in [1.29, 1.82) is 0 Å². The Labute approximate surface area is 129 Å². The smallest absolute Gasteiger partial charge is 0.273 e. The molecule has 0 aliphatic carbocycles. The van der Waals surface area contributed by atoms with Crippen LogP contribution in [0.25, 0.3) is 0 Å². The van der Waals surface area contributed by atoms with E-state index >= 15 is 0 Å². The van der Waals surface area contributed by atoms with E-state index in [1.807, 2.05) is 30.3 Å². The van der Waals surface area contributed by atoms with E-state index in [1.165, 1.54) is 0 Å². The Morgan fingerprint density at radius 2 is 2.23 bits per heavy atom. The molecule has 1 atom stereocenters. The van der Waals surface area contributed by atoms with Crippen LogP contribution in [0.4, 0.5) is 5.69 Å². The van der Waals surface area contributed by atoms with Crippen LogP contribution in [-0.4, -0.2) is 53.5 Å². The number of hydrogen-bond acceptors (Lipinski definition) is 5. The monoisotopic (exact) mass is 303 g/mol. The highest BCUT2D eigenvalue weighted by atomic mass is 16.7. The van der Waals surface area contributed by atoms with Gasteiger partial charge in [-0.25, -0.2) is 0 Å². The van der Waals surface area contributed by atoms with E-state index in [0.29, 0.717) is 25.2 Å². The molecule has 0 unspecified atom stereocenters. The van der Waals surface area contributed by atoms with Crippen LogP contribution in [0.2, 0.25) is 0 Å². The number of benzene rings is 1. The molecule has 1 fully saturated rings. The van der Waals surface area contributed by atoms with Gasteiger partial charge in [-0.15, -0.1) is 0 Å². The maximum atomic E-state index is 12.3. The van der Waals surface area contributed by atoms with Crippen LogP contribution >= 0.6 is 0 Å². The van der Waals surface area contributed by atoms with Gasteiger partial charge in [0, 0.05) is 25.2 Å². The number of nitrogens with one attached hydrogen (secondary N) is 1. The van der Waals surface area contributed by atoms with Crippen molar-refractivity contribution < 1.29 is 14.7 Å². The lowest BCUT2D eigenvalue weighted by molar-refractivity contribution is -0.110. The maximum Gasteiger partial charge on any atom is 0.273 e. The number of hydrogen-bond donors (Lipinski definition) is 2. The van der Waals surface area contributed by atoms with Gasteiger partial charge < -0.3 is 15.3 Å². The van der Waals surface area contributed by atoms with Gasteiger partial charge in [0.05, 0.1) is 6.61 Å². The van der Waals surface area contributed by atoms with Gasteiger partial charge in [0.15, 0.2) is 5.60 Å². The molecule has 1 aromatic rings. The molecule has 22 heavy (non-hydrogen) atoms. The van der Waals surface area contributed by atoms with E-state index < -0.39 is 5.60 Å². The Kier molecular flexibility index (Phi) is 4.40. The fourth-order valence-corrected chi connectivity index (χ4v) is 3.11. The van der Waals surface area contributed by atoms with Gasteiger partial charge in [0.2, 0.25) is 0 Å².